The molecule has 0 unspecified atom stereocenters. The average molecular weight is 610 g/mol. The Kier molecular flexibility index (Phi) is 9.20. The highest BCUT2D eigenvalue weighted by molar-refractivity contribution is 8.00. The van der Waals surface area contributed by atoms with Gasteiger partial charge in [0.25, 0.3) is 17.5 Å². The predicted octanol–water partition coefficient (Wildman–Crippen LogP) is 6.34. The molecule has 12 heteroatoms. The Morgan fingerprint density at radius 3 is 2.26 bits per heavy atom. The summed E-state index contributed by atoms with van der Waals surface area (Å²) in [6.07, 6.45) is 1.44. The van der Waals surface area contributed by atoms with Gasteiger partial charge in [0.1, 0.15) is 5.70 Å². The van der Waals surface area contributed by atoms with Gasteiger partial charge in [-0.25, -0.2) is 4.98 Å². The van der Waals surface area contributed by atoms with Crippen molar-refractivity contribution in [3.8, 4) is 0 Å². The monoisotopic (exact) mass is 609 g/mol. The number of benzene rings is 4. The van der Waals surface area contributed by atoms with E-state index in [0.29, 0.717) is 21.9 Å². The lowest BCUT2D eigenvalue weighted by molar-refractivity contribution is -0.384. The number of hydrogen-bond donors (Lipinski definition) is 3. The van der Waals surface area contributed by atoms with Gasteiger partial charge in [0, 0.05) is 28.3 Å². The van der Waals surface area contributed by atoms with E-state index in [4.69, 9.17) is 0 Å². The first-order valence-corrected chi connectivity index (χ1v) is 14.7. The van der Waals surface area contributed by atoms with E-state index in [0.717, 1.165) is 15.1 Å². The molecule has 5 aromatic rings. The Bertz CT molecular complexity index is 1790. The molecule has 0 fully saturated rings. The molecule has 0 spiro atoms. The Balaban J connectivity index is 1.23. The zero-order chi connectivity index (χ0) is 30.2. The molecular weight excluding hydrogens is 587 g/mol. The SMILES string of the molecule is O=C(CSc1ccc(NC(=O)/C(=C/c2ccc([N+](=O)[O-])cc2)NC(=O)c2ccccc2)cc1)Nc1nc2ccccc2s1. The fourth-order valence-corrected chi connectivity index (χ4v) is 5.44. The van der Waals surface area contributed by atoms with Crippen molar-refractivity contribution >= 4 is 73.6 Å². The maximum absolute atomic E-state index is 13.2. The summed E-state index contributed by atoms with van der Waals surface area (Å²) in [6.45, 7) is 0. The molecule has 214 valence electrons. The Morgan fingerprint density at radius 1 is 0.860 bits per heavy atom. The summed E-state index contributed by atoms with van der Waals surface area (Å²) in [5.41, 5.74) is 2.00. The van der Waals surface area contributed by atoms with E-state index in [2.05, 4.69) is 20.9 Å². The van der Waals surface area contributed by atoms with Gasteiger partial charge in [-0.3, -0.25) is 24.5 Å². The molecule has 3 amide bonds. The molecule has 4 aromatic carbocycles. The second-order valence-electron chi connectivity index (χ2n) is 9.03. The molecule has 0 radical (unpaired) electrons. The molecule has 1 aromatic heterocycles. The molecule has 0 atom stereocenters. The lowest BCUT2D eigenvalue weighted by atomic mass is 10.1. The van der Waals surface area contributed by atoms with Crippen molar-refractivity contribution in [2.75, 3.05) is 16.4 Å². The van der Waals surface area contributed by atoms with Crippen LogP contribution in [0.2, 0.25) is 0 Å². The first-order chi connectivity index (χ1) is 20.8. The average Bonchev–Trinajstić information content (AvgIpc) is 3.43. The van der Waals surface area contributed by atoms with E-state index in [1.807, 2.05) is 24.3 Å². The minimum atomic E-state index is -0.585. The van der Waals surface area contributed by atoms with E-state index in [1.165, 1.54) is 53.4 Å². The molecule has 1 heterocycles. The van der Waals surface area contributed by atoms with Crippen molar-refractivity contribution in [1.82, 2.24) is 10.3 Å². The number of non-ortho nitro benzene ring substituents is 1. The summed E-state index contributed by atoms with van der Waals surface area (Å²) in [7, 11) is 0. The summed E-state index contributed by atoms with van der Waals surface area (Å²) in [4.78, 5) is 54.2. The molecule has 0 aliphatic carbocycles. The van der Waals surface area contributed by atoms with Gasteiger partial charge in [-0.05, 0) is 72.3 Å². The Labute approximate surface area is 254 Å². The first kappa shape index (κ1) is 29.2. The van der Waals surface area contributed by atoms with Gasteiger partial charge < -0.3 is 16.0 Å². The molecule has 10 nitrogen and oxygen atoms in total. The second-order valence-corrected chi connectivity index (χ2v) is 11.1. The predicted molar refractivity (Wildman–Crippen MR) is 169 cm³/mol. The number of carbonyl (C=O) groups is 3. The van der Waals surface area contributed by atoms with Gasteiger partial charge in [0.15, 0.2) is 5.13 Å². The minimum absolute atomic E-state index is 0.0484. The van der Waals surface area contributed by atoms with Crippen molar-refractivity contribution in [3.05, 3.63) is 130 Å². The molecule has 43 heavy (non-hydrogen) atoms. The van der Waals surface area contributed by atoms with Gasteiger partial charge in [-0.2, -0.15) is 0 Å². The molecular formula is C31H23N5O5S2. The van der Waals surface area contributed by atoms with Crippen molar-refractivity contribution in [2.24, 2.45) is 0 Å². The number of carbonyl (C=O) groups excluding carboxylic acids is 3. The minimum Gasteiger partial charge on any atom is -0.321 e. The number of amides is 3. The smallest absolute Gasteiger partial charge is 0.272 e. The van der Waals surface area contributed by atoms with Gasteiger partial charge in [-0.1, -0.05) is 41.7 Å². The van der Waals surface area contributed by atoms with Crippen LogP contribution in [0.5, 0.6) is 0 Å². The van der Waals surface area contributed by atoms with E-state index >= 15 is 0 Å². The third kappa shape index (κ3) is 7.91. The number of thioether (sulfide) groups is 1. The van der Waals surface area contributed by atoms with Gasteiger partial charge >= 0.3 is 0 Å². The fraction of sp³-hybridized carbons (Fsp3) is 0.0323. The van der Waals surface area contributed by atoms with E-state index in [9.17, 15) is 24.5 Å². The van der Waals surface area contributed by atoms with Crippen molar-refractivity contribution in [2.45, 2.75) is 4.90 Å². The summed E-state index contributed by atoms with van der Waals surface area (Å²) >= 11 is 2.75. The number of rotatable bonds is 10. The lowest BCUT2D eigenvalue weighted by Crippen LogP contribution is -2.30. The van der Waals surface area contributed by atoms with Crippen molar-refractivity contribution in [1.29, 1.82) is 0 Å². The molecule has 0 bridgehead atoms. The number of nitrogens with zero attached hydrogens (tertiary/aromatic N) is 2. The third-order valence-electron chi connectivity index (χ3n) is 5.97. The maximum Gasteiger partial charge on any atom is 0.272 e. The van der Waals surface area contributed by atoms with E-state index in [-0.39, 0.29) is 23.0 Å². The normalized spacial score (nSPS) is 11.1. The highest BCUT2D eigenvalue weighted by Gasteiger charge is 2.16. The number of nitro benzene ring substituents is 1. The Morgan fingerprint density at radius 2 is 1.56 bits per heavy atom. The van der Waals surface area contributed by atoms with E-state index in [1.54, 1.807) is 54.6 Å². The lowest BCUT2D eigenvalue weighted by Gasteiger charge is -2.12. The van der Waals surface area contributed by atoms with Gasteiger partial charge in [0.05, 0.1) is 20.9 Å². The largest absolute Gasteiger partial charge is 0.321 e. The van der Waals surface area contributed by atoms with Crippen LogP contribution in [0.1, 0.15) is 15.9 Å². The molecule has 0 saturated heterocycles. The number of para-hydroxylation sites is 1. The van der Waals surface area contributed by atoms with Crippen LogP contribution in [0.15, 0.2) is 114 Å². The number of nitro groups is 1. The zero-order valence-electron chi connectivity index (χ0n) is 22.4. The van der Waals surface area contributed by atoms with Crippen LogP contribution < -0.4 is 16.0 Å². The van der Waals surface area contributed by atoms with Crippen LogP contribution in [0, 0.1) is 10.1 Å². The van der Waals surface area contributed by atoms with Crippen LogP contribution in [0.3, 0.4) is 0 Å². The second kappa shape index (κ2) is 13.6. The molecule has 0 aliphatic heterocycles. The number of fused-ring (bicyclic) bond motifs is 1. The van der Waals surface area contributed by atoms with Crippen LogP contribution in [-0.4, -0.2) is 33.4 Å². The topological polar surface area (TPSA) is 143 Å². The molecule has 0 aliphatic rings. The fourth-order valence-electron chi connectivity index (χ4n) is 3.86. The van der Waals surface area contributed by atoms with Crippen LogP contribution in [0.25, 0.3) is 16.3 Å². The maximum atomic E-state index is 13.2. The molecule has 5 rings (SSSR count). The quantitative estimate of drug-likeness (QED) is 0.0725. The summed E-state index contributed by atoms with van der Waals surface area (Å²) in [5.74, 6) is -1.08. The number of thiazole rings is 1. The summed E-state index contributed by atoms with van der Waals surface area (Å²) < 4.78 is 0.994. The zero-order valence-corrected chi connectivity index (χ0v) is 24.0. The standard InChI is InChI=1S/C31H23N5O5S2/c37-28(35-31-34-25-8-4-5-9-27(25)43-31)19-42-24-16-12-22(13-17-24)32-30(39)26(33-29(38)21-6-2-1-3-7-21)18-20-10-14-23(15-11-20)36(40)41/h1-18H,19H2,(H,32,39)(H,33,38)(H,34,35,37)/b26-18-. The number of aromatic nitrogens is 1. The first-order valence-electron chi connectivity index (χ1n) is 12.9. The van der Waals surface area contributed by atoms with Crippen LogP contribution in [-0.2, 0) is 9.59 Å². The van der Waals surface area contributed by atoms with Gasteiger partial charge in [-0.15, -0.1) is 11.8 Å². The molecule has 3 N–H and O–H groups in total. The highest BCUT2D eigenvalue weighted by atomic mass is 32.2. The van der Waals surface area contributed by atoms with Gasteiger partial charge in [0.2, 0.25) is 5.91 Å². The van der Waals surface area contributed by atoms with Crippen molar-refractivity contribution in [3.63, 3.8) is 0 Å². The van der Waals surface area contributed by atoms with E-state index < -0.39 is 16.7 Å². The summed E-state index contributed by atoms with van der Waals surface area (Å²) in [5, 5.41) is 19.8. The number of nitrogens with one attached hydrogen (secondary N) is 3. The third-order valence-corrected chi connectivity index (χ3v) is 7.93. The highest BCUT2D eigenvalue weighted by Crippen LogP contribution is 2.26. The van der Waals surface area contributed by atoms with Crippen molar-refractivity contribution < 1.29 is 19.3 Å². The molecule has 0 saturated carbocycles. The van der Waals surface area contributed by atoms with Crippen LogP contribution >= 0.6 is 23.1 Å². The number of anilines is 2. The summed E-state index contributed by atoms with van der Waals surface area (Å²) in [6, 6.07) is 28.6. The number of hydrogen-bond acceptors (Lipinski definition) is 8. The Hall–Kier alpha value is -5.33. The van der Waals surface area contributed by atoms with Crippen LogP contribution in [0.4, 0.5) is 16.5 Å².